The van der Waals surface area contributed by atoms with Crippen molar-refractivity contribution in [3.05, 3.63) is 46.5 Å². The van der Waals surface area contributed by atoms with E-state index in [2.05, 4.69) is 12.2 Å². The summed E-state index contributed by atoms with van der Waals surface area (Å²) in [5.74, 6) is 0.334. The molecule has 106 valence electrons. The lowest BCUT2D eigenvalue weighted by molar-refractivity contribution is 0.0673. The standard InChI is InChI=1S/C16H19NO3/c1-2-11(15-10-20-8-6-17-15)12-3-4-16(18)14-9-19-7-5-13(12)14/h3-5,7,9,11,15,17H,2,6,8,10H2,1H3. The molecule has 0 aromatic rings. The van der Waals surface area contributed by atoms with Crippen molar-refractivity contribution in [1.29, 1.82) is 0 Å². The molecule has 20 heavy (non-hydrogen) atoms. The second-order valence-corrected chi connectivity index (χ2v) is 5.19. The Morgan fingerprint density at radius 3 is 3.00 bits per heavy atom. The molecule has 0 radical (unpaired) electrons. The van der Waals surface area contributed by atoms with E-state index in [9.17, 15) is 4.79 Å². The molecule has 0 bridgehead atoms. The van der Waals surface area contributed by atoms with E-state index in [4.69, 9.17) is 9.15 Å². The first-order valence-electron chi connectivity index (χ1n) is 7.11. The van der Waals surface area contributed by atoms with Crippen molar-refractivity contribution in [3.63, 3.8) is 0 Å². The molecule has 1 fully saturated rings. The molecule has 2 aliphatic heterocycles. The lowest BCUT2D eigenvalue weighted by Gasteiger charge is -2.32. The fourth-order valence-electron chi connectivity index (χ4n) is 3.04. The van der Waals surface area contributed by atoms with Gasteiger partial charge >= 0.3 is 0 Å². The van der Waals surface area contributed by atoms with Crippen LogP contribution in [0.1, 0.15) is 24.8 Å². The summed E-state index contributed by atoms with van der Waals surface area (Å²) < 4.78 is 10.7. The van der Waals surface area contributed by atoms with Crippen LogP contribution in [0.2, 0.25) is 0 Å². The molecule has 0 aromatic carbocycles. The van der Waals surface area contributed by atoms with Gasteiger partial charge in [0.1, 0.15) is 6.26 Å². The van der Waals surface area contributed by atoms with Crippen LogP contribution in [0.3, 0.4) is 0 Å². The summed E-state index contributed by atoms with van der Waals surface area (Å²) in [5, 5.41) is 3.52. The number of rotatable bonds is 3. The number of benzene rings is 1. The zero-order valence-electron chi connectivity index (χ0n) is 11.6. The molecule has 1 saturated heterocycles. The molecule has 3 aliphatic rings. The van der Waals surface area contributed by atoms with Crippen LogP contribution in [0.25, 0.3) is 11.1 Å². The first-order valence-corrected chi connectivity index (χ1v) is 7.11. The highest BCUT2D eigenvalue weighted by Gasteiger charge is 2.27. The molecule has 2 heterocycles. The van der Waals surface area contributed by atoms with Crippen LogP contribution in [-0.2, 0) is 4.74 Å². The van der Waals surface area contributed by atoms with Gasteiger partial charge in [0.25, 0.3) is 0 Å². The maximum atomic E-state index is 11.9. The topological polar surface area (TPSA) is 51.5 Å². The summed E-state index contributed by atoms with van der Waals surface area (Å²) in [6.45, 7) is 4.54. The van der Waals surface area contributed by atoms with Crippen LogP contribution in [0.15, 0.2) is 39.9 Å². The normalized spacial score (nSPS) is 20.9. The highest BCUT2D eigenvalue weighted by molar-refractivity contribution is 5.68. The van der Waals surface area contributed by atoms with E-state index in [-0.39, 0.29) is 5.43 Å². The first kappa shape index (κ1) is 13.3. The molecular formula is C16H19NO3. The predicted molar refractivity (Wildman–Crippen MR) is 77.2 cm³/mol. The minimum absolute atomic E-state index is 0.0100. The number of ether oxygens (including phenoxy) is 1. The highest BCUT2D eigenvalue weighted by Crippen LogP contribution is 2.32. The average Bonchev–Trinajstić information content (AvgIpc) is 2.52. The van der Waals surface area contributed by atoms with Gasteiger partial charge in [0, 0.05) is 18.5 Å². The second-order valence-electron chi connectivity index (χ2n) is 5.19. The van der Waals surface area contributed by atoms with E-state index in [1.807, 2.05) is 12.1 Å². The Morgan fingerprint density at radius 1 is 1.35 bits per heavy atom. The Labute approximate surface area is 118 Å². The van der Waals surface area contributed by atoms with Crippen LogP contribution in [-0.4, -0.2) is 25.8 Å². The Balaban J connectivity index is 2.04. The Hall–Kier alpha value is -1.65. The van der Waals surface area contributed by atoms with Gasteiger partial charge in [-0.1, -0.05) is 13.0 Å². The fourth-order valence-corrected chi connectivity index (χ4v) is 3.04. The summed E-state index contributed by atoms with van der Waals surface area (Å²) in [4.78, 5) is 11.9. The van der Waals surface area contributed by atoms with Crippen LogP contribution in [0.4, 0.5) is 0 Å². The van der Waals surface area contributed by atoms with E-state index >= 15 is 0 Å². The van der Waals surface area contributed by atoms with Gasteiger partial charge in [0.05, 0.1) is 25.0 Å². The molecule has 1 aliphatic carbocycles. The van der Waals surface area contributed by atoms with E-state index in [0.29, 0.717) is 17.5 Å². The average molecular weight is 273 g/mol. The lowest BCUT2D eigenvalue weighted by atomic mass is 9.84. The van der Waals surface area contributed by atoms with Crippen molar-refractivity contribution in [1.82, 2.24) is 5.32 Å². The molecule has 0 aromatic heterocycles. The van der Waals surface area contributed by atoms with Gasteiger partial charge in [0.2, 0.25) is 0 Å². The fraction of sp³-hybridized carbons (Fsp3) is 0.438. The summed E-state index contributed by atoms with van der Waals surface area (Å²) in [7, 11) is 0. The Morgan fingerprint density at radius 2 is 2.25 bits per heavy atom. The smallest absolute Gasteiger partial charge is 0.189 e. The maximum Gasteiger partial charge on any atom is 0.189 e. The number of morpholine rings is 1. The van der Waals surface area contributed by atoms with Gasteiger partial charge in [-0.25, -0.2) is 0 Å². The summed E-state index contributed by atoms with van der Waals surface area (Å²) in [6, 6.07) is 5.78. The SMILES string of the molecule is CCC(c1ccc(=O)c2coccc1-2)C1COCCN1. The van der Waals surface area contributed by atoms with Crippen LogP contribution >= 0.6 is 0 Å². The molecule has 0 amide bonds. The Kier molecular flexibility index (Phi) is 3.85. The van der Waals surface area contributed by atoms with E-state index in [1.165, 1.54) is 5.56 Å². The largest absolute Gasteiger partial charge is 0.472 e. The number of fused-ring (bicyclic) bond motifs is 1. The zero-order valence-corrected chi connectivity index (χ0v) is 11.6. The second kappa shape index (κ2) is 5.77. The maximum absolute atomic E-state index is 11.9. The number of nitrogens with one attached hydrogen (secondary N) is 1. The van der Waals surface area contributed by atoms with Gasteiger partial charge in [-0.15, -0.1) is 0 Å². The number of hydrogen-bond donors (Lipinski definition) is 1. The molecule has 4 heteroatoms. The number of hydrogen-bond acceptors (Lipinski definition) is 4. The first-order chi connectivity index (χ1) is 9.81. The third kappa shape index (κ3) is 2.37. The van der Waals surface area contributed by atoms with Crippen molar-refractivity contribution >= 4 is 0 Å². The van der Waals surface area contributed by atoms with Crippen LogP contribution < -0.4 is 10.7 Å². The molecule has 0 saturated carbocycles. The Bertz CT molecular complexity index is 601. The minimum atomic E-state index is 0.0100. The molecule has 2 unspecified atom stereocenters. The van der Waals surface area contributed by atoms with Crippen molar-refractivity contribution in [3.8, 4) is 11.1 Å². The van der Waals surface area contributed by atoms with Crippen molar-refractivity contribution in [2.45, 2.75) is 25.3 Å². The van der Waals surface area contributed by atoms with Crippen LogP contribution in [0.5, 0.6) is 0 Å². The van der Waals surface area contributed by atoms with Gasteiger partial charge in [-0.3, -0.25) is 4.79 Å². The van der Waals surface area contributed by atoms with Gasteiger partial charge in [-0.05, 0) is 29.7 Å². The van der Waals surface area contributed by atoms with Crippen LogP contribution in [0, 0.1) is 0 Å². The zero-order chi connectivity index (χ0) is 13.9. The highest BCUT2D eigenvalue weighted by atomic mass is 16.5. The third-order valence-corrected chi connectivity index (χ3v) is 4.06. The summed E-state index contributed by atoms with van der Waals surface area (Å²) in [5.41, 5.74) is 2.85. The van der Waals surface area contributed by atoms with E-state index < -0.39 is 0 Å². The van der Waals surface area contributed by atoms with Gasteiger partial charge < -0.3 is 14.5 Å². The quantitative estimate of drug-likeness (QED) is 0.931. The van der Waals surface area contributed by atoms with Gasteiger partial charge in [-0.2, -0.15) is 0 Å². The molecule has 2 atom stereocenters. The molecular weight excluding hydrogens is 254 g/mol. The van der Waals surface area contributed by atoms with E-state index in [1.54, 1.807) is 18.6 Å². The minimum Gasteiger partial charge on any atom is -0.472 e. The molecule has 4 nitrogen and oxygen atoms in total. The molecule has 0 spiro atoms. The lowest BCUT2D eigenvalue weighted by Crippen LogP contribution is -2.45. The van der Waals surface area contributed by atoms with Crippen molar-refractivity contribution < 1.29 is 9.15 Å². The summed E-state index contributed by atoms with van der Waals surface area (Å²) in [6.07, 6.45) is 4.17. The summed E-state index contributed by atoms with van der Waals surface area (Å²) >= 11 is 0. The predicted octanol–water partition coefficient (Wildman–Crippen LogP) is 2.23. The van der Waals surface area contributed by atoms with Crippen molar-refractivity contribution in [2.75, 3.05) is 19.8 Å². The molecule has 1 N–H and O–H groups in total. The monoisotopic (exact) mass is 273 g/mol. The van der Waals surface area contributed by atoms with Crippen molar-refractivity contribution in [2.24, 2.45) is 0 Å². The van der Waals surface area contributed by atoms with Gasteiger partial charge in [0.15, 0.2) is 5.43 Å². The molecule has 3 rings (SSSR count). The third-order valence-electron chi connectivity index (χ3n) is 4.06. The van der Waals surface area contributed by atoms with E-state index in [0.717, 1.165) is 31.7 Å².